The molecule has 1 fully saturated rings. The van der Waals surface area contributed by atoms with Crippen LogP contribution in [0.3, 0.4) is 0 Å². The summed E-state index contributed by atoms with van der Waals surface area (Å²) in [4.78, 5) is 28.9. The van der Waals surface area contributed by atoms with Crippen molar-refractivity contribution in [1.82, 2.24) is 20.1 Å². The Morgan fingerprint density at radius 1 is 1.26 bits per heavy atom. The molecule has 160 valence electrons. The molecule has 1 aliphatic carbocycles. The highest BCUT2D eigenvalue weighted by molar-refractivity contribution is 6.04. The SMILES string of the molecule is CCC(C)NC(=O)n1nc(-c2ccc(NC(=O)c3cccnc3)cc2O)cc1C1CC1. The molecule has 8 nitrogen and oxygen atoms in total. The molecule has 0 aliphatic heterocycles. The van der Waals surface area contributed by atoms with Gasteiger partial charge in [-0.1, -0.05) is 6.92 Å². The number of nitrogens with zero attached hydrogens (tertiary/aromatic N) is 3. The van der Waals surface area contributed by atoms with E-state index in [2.05, 4.69) is 20.7 Å². The molecule has 1 saturated carbocycles. The van der Waals surface area contributed by atoms with Gasteiger partial charge >= 0.3 is 6.03 Å². The van der Waals surface area contributed by atoms with E-state index in [9.17, 15) is 14.7 Å². The minimum atomic E-state index is -0.317. The fourth-order valence-corrected chi connectivity index (χ4v) is 3.26. The van der Waals surface area contributed by atoms with Crippen LogP contribution in [0.4, 0.5) is 10.5 Å². The summed E-state index contributed by atoms with van der Waals surface area (Å²) < 4.78 is 1.41. The van der Waals surface area contributed by atoms with E-state index in [1.807, 2.05) is 19.9 Å². The number of phenolic OH excluding ortho intramolecular Hbond substituents is 1. The lowest BCUT2D eigenvalue weighted by atomic mass is 10.1. The number of pyridine rings is 1. The lowest BCUT2D eigenvalue weighted by Gasteiger charge is -2.12. The second-order valence-corrected chi connectivity index (χ2v) is 7.83. The third kappa shape index (κ3) is 4.58. The van der Waals surface area contributed by atoms with Crippen molar-refractivity contribution in [1.29, 1.82) is 0 Å². The molecule has 4 rings (SSSR count). The van der Waals surface area contributed by atoms with Gasteiger partial charge in [-0.2, -0.15) is 9.78 Å². The number of carbonyl (C=O) groups excluding carboxylic acids is 2. The van der Waals surface area contributed by atoms with Crippen LogP contribution in [0.1, 0.15) is 55.1 Å². The van der Waals surface area contributed by atoms with Crippen molar-refractivity contribution < 1.29 is 14.7 Å². The molecule has 3 N–H and O–H groups in total. The number of nitrogens with one attached hydrogen (secondary N) is 2. The highest BCUT2D eigenvalue weighted by Crippen LogP contribution is 2.42. The first-order valence-corrected chi connectivity index (χ1v) is 10.4. The molecule has 31 heavy (non-hydrogen) atoms. The zero-order chi connectivity index (χ0) is 22.0. The molecule has 1 unspecified atom stereocenters. The van der Waals surface area contributed by atoms with Crippen LogP contribution in [0.5, 0.6) is 5.75 Å². The molecule has 2 amide bonds. The number of amides is 2. The first kappa shape index (κ1) is 20.6. The van der Waals surface area contributed by atoms with E-state index < -0.39 is 0 Å². The zero-order valence-electron chi connectivity index (χ0n) is 17.5. The number of hydrogen-bond acceptors (Lipinski definition) is 5. The summed E-state index contributed by atoms with van der Waals surface area (Å²) in [6.45, 7) is 3.96. The van der Waals surface area contributed by atoms with Gasteiger partial charge in [-0.15, -0.1) is 0 Å². The highest BCUT2D eigenvalue weighted by atomic mass is 16.3. The molecular weight excluding hydrogens is 394 g/mol. The highest BCUT2D eigenvalue weighted by Gasteiger charge is 2.31. The minimum Gasteiger partial charge on any atom is -0.507 e. The molecule has 2 aromatic heterocycles. The second-order valence-electron chi connectivity index (χ2n) is 7.83. The quantitative estimate of drug-likeness (QED) is 0.556. The maximum atomic E-state index is 12.7. The van der Waals surface area contributed by atoms with Gasteiger partial charge in [-0.25, -0.2) is 4.79 Å². The molecule has 0 spiro atoms. The van der Waals surface area contributed by atoms with Crippen LogP contribution in [0, 0.1) is 0 Å². The van der Waals surface area contributed by atoms with Crippen molar-refractivity contribution >= 4 is 17.6 Å². The predicted molar refractivity (Wildman–Crippen MR) is 117 cm³/mol. The Morgan fingerprint density at radius 3 is 2.71 bits per heavy atom. The Hall–Kier alpha value is -3.68. The van der Waals surface area contributed by atoms with Crippen molar-refractivity contribution in [3.8, 4) is 17.0 Å². The Labute approximate surface area is 180 Å². The summed E-state index contributed by atoms with van der Waals surface area (Å²) >= 11 is 0. The maximum Gasteiger partial charge on any atom is 0.342 e. The van der Waals surface area contributed by atoms with E-state index in [4.69, 9.17) is 0 Å². The third-order valence-electron chi connectivity index (χ3n) is 5.36. The monoisotopic (exact) mass is 419 g/mol. The number of phenols is 1. The van der Waals surface area contributed by atoms with Crippen molar-refractivity contribution in [2.24, 2.45) is 0 Å². The van der Waals surface area contributed by atoms with Crippen LogP contribution >= 0.6 is 0 Å². The molecule has 8 heteroatoms. The molecule has 0 bridgehead atoms. The lowest BCUT2D eigenvalue weighted by molar-refractivity contribution is 0.102. The van der Waals surface area contributed by atoms with Crippen molar-refractivity contribution in [3.05, 3.63) is 60.0 Å². The number of aromatic nitrogens is 3. The summed E-state index contributed by atoms with van der Waals surface area (Å²) in [5.74, 6) is -0.0373. The van der Waals surface area contributed by atoms with Gasteiger partial charge in [0.1, 0.15) is 5.75 Å². The van der Waals surface area contributed by atoms with E-state index in [0.717, 1.165) is 25.0 Å². The molecule has 2 heterocycles. The lowest BCUT2D eigenvalue weighted by Crippen LogP contribution is -2.36. The van der Waals surface area contributed by atoms with E-state index in [1.165, 1.54) is 16.9 Å². The zero-order valence-corrected chi connectivity index (χ0v) is 17.5. The Balaban J connectivity index is 1.57. The van der Waals surface area contributed by atoms with Crippen LogP contribution in [-0.4, -0.2) is 37.9 Å². The molecule has 0 radical (unpaired) electrons. The van der Waals surface area contributed by atoms with Crippen LogP contribution in [0.25, 0.3) is 11.3 Å². The first-order chi connectivity index (χ1) is 15.0. The normalized spacial score (nSPS) is 14.1. The average molecular weight is 419 g/mol. The number of hydrogen-bond donors (Lipinski definition) is 3. The average Bonchev–Trinajstić information content (AvgIpc) is 3.52. The summed E-state index contributed by atoms with van der Waals surface area (Å²) in [5.41, 5.74) is 2.74. The summed E-state index contributed by atoms with van der Waals surface area (Å²) in [6, 6.07) is 9.83. The Kier molecular flexibility index (Phi) is 5.70. The van der Waals surface area contributed by atoms with Crippen LogP contribution in [-0.2, 0) is 0 Å². The van der Waals surface area contributed by atoms with Crippen LogP contribution < -0.4 is 10.6 Å². The van der Waals surface area contributed by atoms with Gasteiger partial charge in [-0.05, 0) is 56.5 Å². The van der Waals surface area contributed by atoms with E-state index in [-0.39, 0.29) is 23.7 Å². The molecule has 1 aliphatic rings. The number of rotatable bonds is 6. The van der Waals surface area contributed by atoms with Crippen molar-refractivity contribution in [2.45, 2.75) is 45.1 Å². The topological polar surface area (TPSA) is 109 Å². The van der Waals surface area contributed by atoms with E-state index >= 15 is 0 Å². The van der Waals surface area contributed by atoms with Crippen LogP contribution in [0.15, 0.2) is 48.8 Å². The Bertz CT molecular complexity index is 1110. The maximum absolute atomic E-state index is 12.7. The molecule has 1 atom stereocenters. The number of carbonyl (C=O) groups is 2. The largest absolute Gasteiger partial charge is 0.507 e. The van der Waals surface area contributed by atoms with Gasteiger partial charge in [-0.3, -0.25) is 9.78 Å². The fraction of sp³-hybridized carbons (Fsp3) is 0.304. The van der Waals surface area contributed by atoms with Gasteiger partial charge in [0.2, 0.25) is 0 Å². The molecule has 1 aromatic carbocycles. The molecular formula is C23H25N5O3. The Morgan fingerprint density at radius 2 is 2.06 bits per heavy atom. The smallest absolute Gasteiger partial charge is 0.342 e. The van der Waals surface area contributed by atoms with Gasteiger partial charge in [0.05, 0.1) is 17.0 Å². The first-order valence-electron chi connectivity index (χ1n) is 10.4. The standard InChI is InChI=1S/C23H25N5O3/c1-3-14(2)25-23(31)28-20(15-6-7-15)12-19(27-28)18-9-8-17(11-21(18)29)26-22(30)16-5-4-10-24-13-16/h4-5,8-15,29H,3,6-7H2,1-2H3,(H,25,31)(H,26,30). The van der Waals surface area contributed by atoms with Crippen molar-refractivity contribution in [3.63, 3.8) is 0 Å². The molecule has 0 saturated heterocycles. The summed E-state index contributed by atoms with van der Waals surface area (Å²) in [6.07, 6.45) is 5.93. The number of aromatic hydroxyl groups is 1. The fourth-order valence-electron chi connectivity index (χ4n) is 3.26. The van der Waals surface area contributed by atoms with Gasteiger partial charge in [0, 0.05) is 41.7 Å². The van der Waals surface area contributed by atoms with E-state index in [0.29, 0.717) is 28.4 Å². The third-order valence-corrected chi connectivity index (χ3v) is 5.36. The second kappa shape index (κ2) is 8.59. The number of anilines is 1. The van der Waals surface area contributed by atoms with Crippen LogP contribution in [0.2, 0.25) is 0 Å². The van der Waals surface area contributed by atoms with Crippen molar-refractivity contribution in [2.75, 3.05) is 5.32 Å². The predicted octanol–water partition coefficient (Wildman–Crippen LogP) is 4.14. The minimum absolute atomic E-state index is 0.0293. The summed E-state index contributed by atoms with van der Waals surface area (Å²) in [7, 11) is 0. The summed E-state index contributed by atoms with van der Waals surface area (Å²) in [5, 5.41) is 20.7. The van der Waals surface area contributed by atoms with E-state index in [1.54, 1.807) is 30.5 Å². The molecule has 3 aromatic rings. The number of benzene rings is 1. The van der Waals surface area contributed by atoms with Gasteiger partial charge < -0.3 is 15.7 Å². The van der Waals surface area contributed by atoms with Gasteiger partial charge in [0.25, 0.3) is 5.91 Å². The van der Waals surface area contributed by atoms with Gasteiger partial charge in [0.15, 0.2) is 0 Å².